The van der Waals surface area contributed by atoms with Crippen molar-refractivity contribution >= 4 is 50.2 Å². The van der Waals surface area contributed by atoms with Crippen molar-refractivity contribution in [2.24, 2.45) is 0 Å². The number of fused-ring (bicyclic) bond motifs is 2. The van der Waals surface area contributed by atoms with Crippen LogP contribution in [0, 0.1) is 0 Å². The van der Waals surface area contributed by atoms with Crippen LogP contribution in [0.25, 0.3) is 21.1 Å². The molecule has 2 aromatic carbocycles. The number of hydrogen-bond acceptors (Lipinski definition) is 5. The highest BCUT2D eigenvalue weighted by atomic mass is 32.1. The number of carbonyl (C=O) groups is 3. The summed E-state index contributed by atoms with van der Waals surface area (Å²) in [5, 5.41) is 13.2. The lowest BCUT2D eigenvalue weighted by molar-refractivity contribution is -0.164. The Morgan fingerprint density at radius 3 is 2.78 bits per heavy atom. The molecule has 1 aliphatic heterocycles. The molecule has 2 aromatic heterocycles. The molecule has 1 unspecified atom stereocenters. The lowest BCUT2D eigenvalue weighted by Crippen LogP contribution is -2.68. The maximum absolute atomic E-state index is 13.8. The molecule has 0 aliphatic carbocycles. The fourth-order valence-electron chi connectivity index (χ4n) is 4.94. The number of aliphatic carboxylic acids is 1. The molecule has 0 radical (unpaired) electrons. The van der Waals surface area contributed by atoms with Crippen molar-refractivity contribution in [2.75, 3.05) is 13.1 Å². The number of amides is 2. The summed E-state index contributed by atoms with van der Waals surface area (Å²) >= 11 is 1.62. The Bertz CT molecular complexity index is 1440. The number of nitrogens with zero attached hydrogens (tertiary/aromatic N) is 2. The zero-order valence-corrected chi connectivity index (χ0v) is 20.9. The molecule has 1 fully saturated rings. The number of carboxylic acid groups (broad SMARTS) is 1. The second kappa shape index (κ2) is 9.78. The van der Waals surface area contributed by atoms with Crippen molar-refractivity contribution < 1.29 is 23.9 Å². The van der Waals surface area contributed by atoms with Gasteiger partial charge in [-0.05, 0) is 59.9 Å². The largest absolute Gasteiger partial charge is 0.481 e. The number of carbonyl (C=O) groups excluding carboxylic acids is 2. The molecule has 1 saturated heterocycles. The maximum atomic E-state index is 13.8. The van der Waals surface area contributed by atoms with Crippen molar-refractivity contribution in [2.45, 2.75) is 44.7 Å². The van der Waals surface area contributed by atoms with E-state index < -0.39 is 11.5 Å². The summed E-state index contributed by atoms with van der Waals surface area (Å²) in [6, 6.07) is 15.7. The smallest absolute Gasteiger partial charge is 0.303 e. The molecule has 36 heavy (non-hydrogen) atoms. The quantitative estimate of drug-likeness (QED) is 0.343. The zero-order chi connectivity index (χ0) is 25.3. The number of likely N-dealkylation sites (tertiary alicyclic amines) is 1. The van der Waals surface area contributed by atoms with Crippen LogP contribution in [0.2, 0.25) is 0 Å². The standard InChI is InChI=1S/C28H28N2O5S/c1-28(11-13-30(28)25(31)16-21-18-36-24-6-3-2-5-22(21)24)27(34)29(12-4-7-26(32)33)17-19-8-9-20-10-14-35-23(20)15-19/h2-3,5-6,8-10,14-15,18H,4,7,11-13,16-17H2,1H3,(H,32,33). The molecule has 8 heteroatoms. The molecular weight excluding hydrogens is 476 g/mol. The van der Waals surface area contributed by atoms with E-state index in [4.69, 9.17) is 9.52 Å². The van der Waals surface area contributed by atoms with Crippen LogP contribution in [0.3, 0.4) is 0 Å². The summed E-state index contributed by atoms with van der Waals surface area (Å²) in [5.41, 5.74) is 1.67. The van der Waals surface area contributed by atoms with Gasteiger partial charge < -0.3 is 19.3 Å². The Labute approximate surface area is 212 Å². The molecule has 5 rings (SSSR count). The number of rotatable bonds is 9. The second-order valence-electron chi connectivity index (χ2n) is 9.52. The molecule has 0 saturated carbocycles. The Kier molecular flexibility index (Phi) is 6.53. The van der Waals surface area contributed by atoms with Gasteiger partial charge in [0.1, 0.15) is 11.1 Å². The molecule has 0 spiro atoms. The fraction of sp³-hybridized carbons (Fsp3) is 0.321. The lowest BCUT2D eigenvalue weighted by atomic mass is 9.84. The third-order valence-electron chi connectivity index (χ3n) is 7.08. The first kappa shape index (κ1) is 24.1. The van der Waals surface area contributed by atoms with Gasteiger partial charge in [-0.15, -0.1) is 11.3 Å². The van der Waals surface area contributed by atoms with Crippen LogP contribution in [0.1, 0.15) is 37.3 Å². The molecule has 2 amide bonds. The lowest BCUT2D eigenvalue weighted by Gasteiger charge is -2.51. The van der Waals surface area contributed by atoms with E-state index in [1.165, 1.54) is 0 Å². The van der Waals surface area contributed by atoms with Crippen molar-refractivity contribution in [1.29, 1.82) is 0 Å². The van der Waals surface area contributed by atoms with E-state index in [-0.39, 0.29) is 24.7 Å². The zero-order valence-electron chi connectivity index (χ0n) is 20.1. The van der Waals surface area contributed by atoms with E-state index in [0.29, 0.717) is 32.5 Å². The van der Waals surface area contributed by atoms with E-state index in [1.54, 1.807) is 27.4 Å². The monoisotopic (exact) mass is 504 g/mol. The number of benzene rings is 2. The summed E-state index contributed by atoms with van der Waals surface area (Å²) in [6.07, 6.45) is 2.77. The first-order chi connectivity index (χ1) is 17.3. The van der Waals surface area contributed by atoms with Crippen LogP contribution in [-0.2, 0) is 27.3 Å². The number of hydrogen-bond donors (Lipinski definition) is 1. The Morgan fingerprint density at radius 1 is 1.17 bits per heavy atom. The van der Waals surface area contributed by atoms with Crippen molar-refractivity contribution in [1.82, 2.24) is 9.80 Å². The topological polar surface area (TPSA) is 91.1 Å². The Balaban J connectivity index is 1.34. The van der Waals surface area contributed by atoms with Gasteiger partial charge >= 0.3 is 5.97 Å². The first-order valence-corrected chi connectivity index (χ1v) is 13.0. The van der Waals surface area contributed by atoms with Crippen molar-refractivity contribution in [3.05, 3.63) is 71.3 Å². The minimum atomic E-state index is -0.944. The molecule has 7 nitrogen and oxygen atoms in total. The highest BCUT2D eigenvalue weighted by molar-refractivity contribution is 7.17. The molecule has 1 atom stereocenters. The number of carboxylic acids is 1. The maximum Gasteiger partial charge on any atom is 0.303 e. The highest BCUT2D eigenvalue weighted by Crippen LogP contribution is 2.35. The number of furan rings is 1. The predicted octanol–water partition coefficient (Wildman–Crippen LogP) is 5.07. The van der Waals surface area contributed by atoms with E-state index in [2.05, 4.69) is 0 Å². The van der Waals surface area contributed by atoms with Crippen LogP contribution >= 0.6 is 11.3 Å². The Morgan fingerprint density at radius 2 is 2.00 bits per heavy atom. The normalized spacial score (nSPS) is 17.3. The second-order valence-corrected chi connectivity index (χ2v) is 10.4. The molecule has 4 aromatic rings. The van der Waals surface area contributed by atoms with Gasteiger partial charge in [0, 0.05) is 36.1 Å². The summed E-state index contributed by atoms with van der Waals surface area (Å²) in [7, 11) is 0. The van der Waals surface area contributed by atoms with Gasteiger partial charge in [-0.1, -0.05) is 30.3 Å². The van der Waals surface area contributed by atoms with Gasteiger partial charge in [0.2, 0.25) is 11.8 Å². The van der Waals surface area contributed by atoms with Crippen LogP contribution in [0.5, 0.6) is 0 Å². The average molecular weight is 505 g/mol. The fourth-order valence-corrected chi connectivity index (χ4v) is 5.90. The minimum absolute atomic E-state index is 0.0222. The van der Waals surface area contributed by atoms with Crippen LogP contribution in [-0.4, -0.2) is 51.3 Å². The van der Waals surface area contributed by atoms with Gasteiger partial charge in [0.15, 0.2) is 0 Å². The van der Waals surface area contributed by atoms with Gasteiger partial charge in [0.25, 0.3) is 0 Å². The summed E-state index contributed by atoms with van der Waals surface area (Å²) in [5.74, 6) is -1.11. The van der Waals surface area contributed by atoms with Crippen LogP contribution in [0.15, 0.2) is 64.6 Å². The molecule has 1 N–H and O–H groups in total. The summed E-state index contributed by atoms with van der Waals surface area (Å²) in [4.78, 5) is 41.6. The van der Waals surface area contributed by atoms with Gasteiger partial charge in [-0.25, -0.2) is 0 Å². The van der Waals surface area contributed by atoms with Gasteiger partial charge in [0.05, 0.1) is 12.7 Å². The average Bonchev–Trinajstić information content (AvgIpc) is 3.48. The third kappa shape index (κ3) is 4.60. The van der Waals surface area contributed by atoms with Crippen molar-refractivity contribution in [3.8, 4) is 0 Å². The minimum Gasteiger partial charge on any atom is -0.481 e. The van der Waals surface area contributed by atoms with E-state index >= 15 is 0 Å². The molecule has 1 aliphatic rings. The SMILES string of the molecule is CC1(C(=O)N(CCCC(=O)O)Cc2ccc3ccoc3c2)CCN1C(=O)Cc1csc2ccccc12. The summed E-state index contributed by atoms with van der Waals surface area (Å²) < 4.78 is 6.65. The Hall–Kier alpha value is -3.65. The van der Waals surface area contributed by atoms with Crippen LogP contribution in [0.4, 0.5) is 0 Å². The third-order valence-corrected chi connectivity index (χ3v) is 8.09. The van der Waals surface area contributed by atoms with E-state index in [9.17, 15) is 14.4 Å². The number of thiophene rings is 1. The van der Waals surface area contributed by atoms with Crippen molar-refractivity contribution in [3.63, 3.8) is 0 Å². The molecule has 0 bridgehead atoms. The van der Waals surface area contributed by atoms with Gasteiger partial charge in [-0.3, -0.25) is 14.4 Å². The van der Waals surface area contributed by atoms with E-state index in [1.807, 2.05) is 60.8 Å². The predicted molar refractivity (Wildman–Crippen MR) is 139 cm³/mol. The molecular formula is C28H28N2O5S. The molecule has 186 valence electrons. The van der Waals surface area contributed by atoms with Gasteiger partial charge in [-0.2, -0.15) is 0 Å². The van der Waals surface area contributed by atoms with E-state index in [0.717, 1.165) is 32.2 Å². The summed E-state index contributed by atoms with van der Waals surface area (Å²) in [6.45, 7) is 2.98. The molecule has 3 heterocycles. The van der Waals surface area contributed by atoms with Crippen LogP contribution < -0.4 is 0 Å². The highest BCUT2D eigenvalue weighted by Gasteiger charge is 2.50. The first-order valence-electron chi connectivity index (χ1n) is 12.1.